The van der Waals surface area contributed by atoms with Gasteiger partial charge in [0.1, 0.15) is 0 Å². The summed E-state index contributed by atoms with van der Waals surface area (Å²) in [5.41, 5.74) is 2.29. The molecular formula is C19H18N4O3S. The van der Waals surface area contributed by atoms with Crippen molar-refractivity contribution in [1.82, 2.24) is 9.55 Å². The van der Waals surface area contributed by atoms with E-state index >= 15 is 0 Å². The van der Waals surface area contributed by atoms with Gasteiger partial charge in [0, 0.05) is 30.8 Å². The zero-order chi connectivity index (χ0) is 19.2. The van der Waals surface area contributed by atoms with E-state index in [-0.39, 0.29) is 5.91 Å². The molecule has 27 heavy (non-hydrogen) atoms. The molecule has 3 rings (SSSR count). The molecular weight excluding hydrogens is 364 g/mol. The summed E-state index contributed by atoms with van der Waals surface area (Å²) < 4.78 is 1.95. The number of amides is 2. The molecule has 0 radical (unpaired) electrons. The number of nitrogens with one attached hydrogen (secondary N) is 2. The lowest BCUT2D eigenvalue weighted by molar-refractivity contribution is 0.102. The molecule has 0 aliphatic rings. The molecule has 0 bridgehead atoms. The zero-order valence-electron chi connectivity index (χ0n) is 14.5. The van der Waals surface area contributed by atoms with Crippen LogP contribution in [0.2, 0.25) is 0 Å². The summed E-state index contributed by atoms with van der Waals surface area (Å²) in [5.74, 6) is 0.441. The Morgan fingerprint density at radius 3 is 2.33 bits per heavy atom. The minimum absolute atomic E-state index is 0.307. The number of aromatic nitrogens is 2. The lowest BCUT2D eigenvalue weighted by Crippen LogP contribution is -2.15. The number of thioether (sulfide) groups is 1. The Morgan fingerprint density at radius 2 is 1.74 bits per heavy atom. The van der Waals surface area contributed by atoms with E-state index in [0.717, 1.165) is 16.5 Å². The predicted molar refractivity (Wildman–Crippen MR) is 105 cm³/mol. The minimum atomic E-state index is -1.19. The molecule has 7 nitrogen and oxygen atoms in total. The molecule has 138 valence electrons. The Morgan fingerprint density at radius 1 is 1.07 bits per heavy atom. The highest BCUT2D eigenvalue weighted by Crippen LogP contribution is 2.23. The van der Waals surface area contributed by atoms with E-state index in [1.807, 2.05) is 29.9 Å². The van der Waals surface area contributed by atoms with Gasteiger partial charge in [0.25, 0.3) is 5.91 Å². The summed E-state index contributed by atoms with van der Waals surface area (Å²) in [6.45, 7) is 0. The van der Waals surface area contributed by atoms with Gasteiger partial charge in [-0.25, -0.2) is 9.78 Å². The standard InChI is InChI=1S/C19H18N4O3S/c1-23-11-10-20-18(23)27-12-13-6-8-14(9-7-13)17(24)21-15-4-2-3-5-16(15)22-19(25)26/h2-11,22H,12H2,1H3,(H,21,24)(H,25,26). The number of anilines is 2. The van der Waals surface area contributed by atoms with Crippen molar-refractivity contribution < 1.29 is 14.7 Å². The number of carbonyl (C=O) groups is 2. The quantitative estimate of drug-likeness (QED) is 0.559. The van der Waals surface area contributed by atoms with Crippen LogP contribution in [0, 0.1) is 0 Å². The van der Waals surface area contributed by atoms with Crippen LogP contribution < -0.4 is 10.6 Å². The number of para-hydroxylation sites is 2. The summed E-state index contributed by atoms with van der Waals surface area (Å²) in [7, 11) is 1.94. The van der Waals surface area contributed by atoms with Gasteiger partial charge in [-0.3, -0.25) is 10.1 Å². The van der Waals surface area contributed by atoms with Gasteiger partial charge >= 0.3 is 6.09 Å². The third-order valence-electron chi connectivity index (χ3n) is 3.78. The second-order valence-corrected chi connectivity index (χ2v) is 6.68. The van der Waals surface area contributed by atoms with E-state index in [2.05, 4.69) is 15.6 Å². The molecule has 0 atom stereocenters. The van der Waals surface area contributed by atoms with Crippen LogP contribution in [-0.4, -0.2) is 26.7 Å². The van der Waals surface area contributed by atoms with E-state index < -0.39 is 6.09 Å². The van der Waals surface area contributed by atoms with Gasteiger partial charge in [0.2, 0.25) is 0 Å². The number of carbonyl (C=O) groups excluding carboxylic acids is 1. The molecule has 1 heterocycles. The first-order chi connectivity index (χ1) is 13.0. The van der Waals surface area contributed by atoms with Gasteiger partial charge in [0.05, 0.1) is 11.4 Å². The molecule has 0 aliphatic heterocycles. The van der Waals surface area contributed by atoms with Crippen LogP contribution in [0.5, 0.6) is 0 Å². The van der Waals surface area contributed by atoms with Crippen molar-refractivity contribution >= 4 is 35.1 Å². The summed E-state index contributed by atoms with van der Waals surface area (Å²) >= 11 is 1.62. The highest BCUT2D eigenvalue weighted by molar-refractivity contribution is 7.98. The topological polar surface area (TPSA) is 96.3 Å². The minimum Gasteiger partial charge on any atom is -0.465 e. The smallest absolute Gasteiger partial charge is 0.409 e. The number of rotatable bonds is 6. The van der Waals surface area contributed by atoms with Crippen molar-refractivity contribution in [3.05, 3.63) is 72.1 Å². The van der Waals surface area contributed by atoms with Crippen LogP contribution in [0.3, 0.4) is 0 Å². The monoisotopic (exact) mass is 382 g/mol. The maximum atomic E-state index is 12.4. The number of benzene rings is 2. The molecule has 3 N–H and O–H groups in total. The van der Waals surface area contributed by atoms with Crippen LogP contribution >= 0.6 is 11.8 Å². The van der Waals surface area contributed by atoms with E-state index in [4.69, 9.17) is 5.11 Å². The van der Waals surface area contributed by atoms with Crippen LogP contribution in [0.15, 0.2) is 66.1 Å². The van der Waals surface area contributed by atoms with E-state index in [9.17, 15) is 9.59 Å². The van der Waals surface area contributed by atoms with Gasteiger partial charge in [0.15, 0.2) is 5.16 Å². The Bertz CT molecular complexity index is 954. The predicted octanol–water partition coefficient (Wildman–Crippen LogP) is 4.05. The first kappa shape index (κ1) is 18.5. The molecule has 8 heteroatoms. The number of hydrogen-bond donors (Lipinski definition) is 3. The lowest BCUT2D eigenvalue weighted by atomic mass is 10.1. The molecule has 2 aromatic carbocycles. The van der Waals surface area contributed by atoms with Gasteiger partial charge < -0.3 is 15.0 Å². The molecule has 0 unspecified atom stereocenters. The highest BCUT2D eigenvalue weighted by atomic mass is 32.2. The molecule has 0 fully saturated rings. The van der Waals surface area contributed by atoms with Crippen molar-refractivity contribution in [3.63, 3.8) is 0 Å². The summed E-state index contributed by atoms with van der Waals surface area (Å²) in [4.78, 5) is 27.6. The highest BCUT2D eigenvalue weighted by Gasteiger charge is 2.10. The van der Waals surface area contributed by atoms with Gasteiger partial charge in [-0.1, -0.05) is 36.0 Å². The Hall–Kier alpha value is -3.26. The summed E-state index contributed by atoms with van der Waals surface area (Å²) in [6, 6.07) is 13.9. The fourth-order valence-electron chi connectivity index (χ4n) is 2.40. The second-order valence-electron chi connectivity index (χ2n) is 5.74. The molecule has 2 amide bonds. The Kier molecular flexibility index (Phi) is 5.77. The summed E-state index contributed by atoms with van der Waals surface area (Å²) in [5, 5.41) is 14.8. The Balaban J connectivity index is 1.64. The average Bonchev–Trinajstić information content (AvgIpc) is 3.06. The fraction of sp³-hybridized carbons (Fsp3) is 0.105. The largest absolute Gasteiger partial charge is 0.465 e. The molecule has 0 saturated heterocycles. The fourth-order valence-corrected chi connectivity index (χ4v) is 3.29. The van der Waals surface area contributed by atoms with E-state index in [1.54, 1.807) is 54.4 Å². The number of imidazole rings is 1. The first-order valence-electron chi connectivity index (χ1n) is 8.12. The van der Waals surface area contributed by atoms with Crippen molar-refractivity contribution in [2.75, 3.05) is 10.6 Å². The molecule has 0 aliphatic carbocycles. The maximum absolute atomic E-state index is 12.4. The summed E-state index contributed by atoms with van der Waals surface area (Å²) in [6.07, 6.45) is 2.46. The number of carboxylic acid groups (broad SMARTS) is 1. The van der Waals surface area contributed by atoms with Crippen molar-refractivity contribution in [1.29, 1.82) is 0 Å². The third kappa shape index (κ3) is 4.89. The molecule has 3 aromatic rings. The van der Waals surface area contributed by atoms with Crippen molar-refractivity contribution in [2.45, 2.75) is 10.9 Å². The first-order valence-corrected chi connectivity index (χ1v) is 9.11. The Labute approximate surface area is 160 Å². The van der Waals surface area contributed by atoms with E-state index in [1.165, 1.54) is 0 Å². The van der Waals surface area contributed by atoms with Gasteiger partial charge in [-0.05, 0) is 29.8 Å². The van der Waals surface area contributed by atoms with E-state index in [0.29, 0.717) is 16.9 Å². The maximum Gasteiger partial charge on any atom is 0.409 e. The third-order valence-corrected chi connectivity index (χ3v) is 4.91. The number of hydrogen-bond acceptors (Lipinski definition) is 4. The average molecular weight is 382 g/mol. The lowest BCUT2D eigenvalue weighted by Gasteiger charge is -2.11. The van der Waals surface area contributed by atoms with Crippen molar-refractivity contribution in [2.24, 2.45) is 7.05 Å². The zero-order valence-corrected chi connectivity index (χ0v) is 15.4. The normalized spacial score (nSPS) is 10.4. The van der Waals surface area contributed by atoms with Crippen LogP contribution in [0.25, 0.3) is 0 Å². The van der Waals surface area contributed by atoms with Crippen LogP contribution in [0.4, 0.5) is 16.2 Å². The SMILES string of the molecule is Cn1ccnc1SCc1ccc(C(=O)Nc2ccccc2NC(=O)O)cc1. The molecule has 0 spiro atoms. The van der Waals surface area contributed by atoms with Gasteiger partial charge in [-0.2, -0.15) is 0 Å². The second kappa shape index (κ2) is 8.41. The molecule has 1 aromatic heterocycles. The number of nitrogens with zero attached hydrogens (tertiary/aromatic N) is 2. The number of aryl methyl sites for hydroxylation is 1. The molecule has 0 saturated carbocycles. The van der Waals surface area contributed by atoms with Crippen molar-refractivity contribution in [3.8, 4) is 0 Å². The van der Waals surface area contributed by atoms with Crippen LogP contribution in [-0.2, 0) is 12.8 Å². The van der Waals surface area contributed by atoms with Gasteiger partial charge in [-0.15, -0.1) is 0 Å². The van der Waals surface area contributed by atoms with Crippen LogP contribution in [0.1, 0.15) is 15.9 Å².